The third-order valence-corrected chi connectivity index (χ3v) is 4.14. The van der Waals surface area contributed by atoms with Crippen molar-refractivity contribution >= 4 is 34.5 Å². The third kappa shape index (κ3) is 4.19. The number of likely N-dealkylation sites (tertiary alicyclic amines) is 1. The summed E-state index contributed by atoms with van der Waals surface area (Å²) in [6.07, 6.45) is 2.18. The molecule has 0 saturated carbocycles. The molecule has 1 aliphatic rings. The number of benzene rings is 1. The Balaban J connectivity index is 1.83. The number of rotatable bonds is 3. The maximum atomic E-state index is 12.0. The Morgan fingerprint density at radius 1 is 1.35 bits per heavy atom. The predicted octanol–water partition coefficient (Wildman–Crippen LogP) is 2.71. The van der Waals surface area contributed by atoms with E-state index in [9.17, 15) is 9.59 Å². The highest BCUT2D eigenvalue weighted by Crippen LogP contribution is 2.15. The summed E-state index contributed by atoms with van der Waals surface area (Å²) in [4.78, 5) is 25.6. The first kappa shape index (κ1) is 15.3. The molecule has 1 saturated heterocycles. The fraction of sp³-hybridized carbons (Fsp3) is 0.467. The highest BCUT2D eigenvalue weighted by molar-refractivity contribution is 14.1. The maximum absolute atomic E-state index is 12.0. The summed E-state index contributed by atoms with van der Waals surface area (Å²) >= 11 is 2.17. The Morgan fingerprint density at radius 3 is 2.70 bits per heavy atom. The van der Waals surface area contributed by atoms with E-state index in [-0.39, 0.29) is 12.5 Å². The Kier molecular flexibility index (Phi) is 5.39. The Hall–Kier alpha value is -1.11. The number of halogens is 1. The van der Waals surface area contributed by atoms with Gasteiger partial charge in [-0.3, -0.25) is 4.79 Å². The highest BCUT2D eigenvalue weighted by Gasteiger charge is 2.21. The molecular formula is C15H18INO3. The first-order valence-corrected chi connectivity index (χ1v) is 7.84. The van der Waals surface area contributed by atoms with Crippen molar-refractivity contribution in [3.63, 3.8) is 0 Å². The van der Waals surface area contributed by atoms with Crippen molar-refractivity contribution in [3.05, 3.63) is 33.4 Å². The maximum Gasteiger partial charge on any atom is 0.338 e. The highest BCUT2D eigenvalue weighted by atomic mass is 127. The van der Waals surface area contributed by atoms with E-state index in [1.165, 1.54) is 0 Å². The minimum atomic E-state index is -0.445. The van der Waals surface area contributed by atoms with Crippen molar-refractivity contribution in [2.45, 2.75) is 19.8 Å². The van der Waals surface area contributed by atoms with Crippen LogP contribution in [0, 0.1) is 9.49 Å². The minimum Gasteiger partial charge on any atom is -0.452 e. The van der Waals surface area contributed by atoms with Gasteiger partial charge in [-0.1, -0.05) is 6.92 Å². The van der Waals surface area contributed by atoms with Crippen LogP contribution >= 0.6 is 22.6 Å². The number of carbonyl (C=O) groups is 2. The molecule has 0 aliphatic carbocycles. The van der Waals surface area contributed by atoms with Gasteiger partial charge >= 0.3 is 5.97 Å². The van der Waals surface area contributed by atoms with Gasteiger partial charge in [-0.2, -0.15) is 0 Å². The van der Waals surface area contributed by atoms with Gasteiger partial charge in [0, 0.05) is 16.7 Å². The van der Waals surface area contributed by atoms with Gasteiger partial charge in [0.1, 0.15) is 0 Å². The summed E-state index contributed by atoms with van der Waals surface area (Å²) in [5, 5.41) is 0. The summed E-state index contributed by atoms with van der Waals surface area (Å²) in [5.41, 5.74) is 0.477. The molecule has 0 spiro atoms. The van der Waals surface area contributed by atoms with Gasteiger partial charge in [0.05, 0.1) is 5.56 Å². The average Bonchev–Trinajstić information content (AvgIpc) is 2.45. The number of hydrogen-bond acceptors (Lipinski definition) is 3. The molecule has 0 aromatic heterocycles. The normalized spacial score (nSPS) is 18.7. The smallest absolute Gasteiger partial charge is 0.338 e. The summed E-state index contributed by atoms with van der Waals surface area (Å²) < 4.78 is 6.14. The van der Waals surface area contributed by atoms with Crippen LogP contribution in [0.4, 0.5) is 0 Å². The average molecular weight is 387 g/mol. The van der Waals surface area contributed by atoms with E-state index in [2.05, 4.69) is 29.5 Å². The molecule has 1 aromatic rings. The van der Waals surface area contributed by atoms with Gasteiger partial charge in [0.15, 0.2) is 6.61 Å². The second-order valence-electron chi connectivity index (χ2n) is 5.17. The first-order chi connectivity index (χ1) is 9.56. The van der Waals surface area contributed by atoms with E-state index in [0.717, 1.165) is 29.5 Å². The second kappa shape index (κ2) is 7.06. The molecule has 108 valence electrons. The summed E-state index contributed by atoms with van der Waals surface area (Å²) in [5.74, 6) is -0.0187. The van der Waals surface area contributed by atoms with Gasteiger partial charge < -0.3 is 9.64 Å². The Morgan fingerprint density at radius 2 is 2.05 bits per heavy atom. The molecule has 20 heavy (non-hydrogen) atoms. The zero-order valence-electron chi connectivity index (χ0n) is 11.5. The number of carbonyl (C=O) groups excluding carboxylic acids is 2. The quantitative estimate of drug-likeness (QED) is 0.592. The van der Waals surface area contributed by atoms with E-state index in [1.54, 1.807) is 17.0 Å². The van der Waals surface area contributed by atoms with Crippen molar-refractivity contribution in [3.8, 4) is 0 Å². The largest absolute Gasteiger partial charge is 0.452 e. The van der Waals surface area contributed by atoms with Crippen LogP contribution < -0.4 is 0 Å². The molecule has 1 atom stereocenters. The Bertz CT molecular complexity index is 486. The van der Waals surface area contributed by atoms with E-state index in [1.807, 2.05) is 12.1 Å². The summed E-state index contributed by atoms with van der Waals surface area (Å²) in [7, 11) is 0. The standard InChI is InChI=1S/C15H18INO3/c1-11-3-2-8-17(9-11)14(18)10-20-15(19)12-4-6-13(16)7-5-12/h4-7,11H,2-3,8-10H2,1H3/t11-/m1/s1. The van der Waals surface area contributed by atoms with E-state index in [4.69, 9.17) is 4.74 Å². The molecule has 5 heteroatoms. The molecular weight excluding hydrogens is 369 g/mol. The van der Waals surface area contributed by atoms with Crippen molar-refractivity contribution in [2.75, 3.05) is 19.7 Å². The van der Waals surface area contributed by atoms with Crippen molar-refractivity contribution in [1.82, 2.24) is 4.90 Å². The number of esters is 1. The SMILES string of the molecule is C[C@@H]1CCCN(C(=O)COC(=O)c2ccc(I)cc2)C1. The van der Waals surface area contributed by atoms with Crippen LogP contribution in [0.15, 0.2) is 24.3 Å². The molecule has 1 aromatic carbocycles. The lowest BCUT2D eigenvalue weighted by atomic mass is 10.0. The topological polar surface area (TPSA) is 46.6 Å². The van der Waals surface area contributed by atoms with Crippen LogP contribution in [-0.2, 0) is 9.53 Å². The number of hydrogen-bond donors (Lipinski definition) is 0. The van der Waals surface area contributed by atoms with Crippen molar-refractivity contribution < 1.29 is 14.3 Å². The zero-order valence-corrected chi connectivity index (χ0v) is 13.6. The number of piperidine rings is 1. The minimum absolute atomic E-state index is 0.101. The second-order valence-corrected chi connectivity index (χ2v) is 6.42. The third-order valence-electron chi connectivity index (χ3n) is 3.42. The summed E-state index contributed by atoms with van der Waals surface area (Å²) in [6, 6.07) is 7.09. The lowest BCUT2D eigenvalue weighted by Crippen LogP contribution is -2.41. The van der Waals surface area contributed by atoms with Gasteiger partial charge in [0.25, 0.3) is 5.91 Å². The van der Waals surface area contributed by atoms with Crippen LogP contribution in [0.2, 0.25) is 0 Å². The lowest BCUT2D eigenvalue weighted by Gasteiger charge is -2.30. The molecule has 0 unspecified atom stereocenters. The van der Waals surface area contributed by atoms with Gasteiger partial charge in [-0.05, 0) is 65.6 Å². The molecule has 1 heterocycles. The van der Waals surface area contributed by atoms with Crippen LogP contribution in [0.1, 0.15) is 30.1 Å². The molecule has 1 amide bonds. The number of amides is 1. The number of nitrogens with zero attached hydrogens (tertiary/aromatic N) is 1. The predicted molar refractivity (Wildman–Crippen MR) is 84.4 cm³/mol. The van der Waals surface area contributed by atoms with E-state index < -0.39 is 5.97 Å². The van der Waals surface area contributed by atoms with E-state index >= 15 is 0 Å². The van der Waals surface area contributed by atoms with Crippen LogP contribution in [0.5, 0.6) is 0 Å². The Labute approximate surface area is 132 Å². The molecule has 1 aliphatic heterocycles. The monoisotopic (exact) mass is 387 g/mol. The van der Waals surface area contributed by atoms with Crippen LogP contribution in [0.3, 0.4) is 0 Å². The fourth-order valence-electron chi connectivity index (χ4n) is 2.30. The van der Waals surface area contributed by atoms with E-state index in [0.29, 0.717) is 11.5 Å². The molecule has 1 fully saturated rings. The van der Waals surface area contributed by atoms with Crippen molar-refractivity contribution in [1.29, 1.82) is 0 Å². The lowest BCUT2D eigenvalue weighted by molar-refractivity contribution is -0.136. The van der Waals surface area contributed by atoms with Crippen LogP contribution in [-0.4, -0.2) is 36.5 Å². The fourth-order valence-corrected chi connectivity index (χ4v) is 2.66. The van der Waals surface area contributed by atoms with Gasteiger partial charge in [0.2, 0.25) is 0 Å². The summed E-state index contributed by atoms with van der Waals surface area (Å²) in [6.45, 7) is 3.50. The molecule has 0 radical (unpaired) electrons. The molecule has 0 N–H and O–H groups in total. The number of ether oxygens (including phenoxy) is 1. The first-order valence-electron chi connectivity index (χ1n) is 6.76. The molecule has 0 bridgehead atoms. The zero-order chi connectivity index (χ0) is 14.5. The van der Waals surface area contributed by atoms with Crippen LogP contribution in [0.25, 0.3) is 0 Å². The molecule has 2 rings (SSSR count). The van der Waals surface area contributed by atoms with Crippen molar-refractivity contribution in [2.24, 2.45) is 5.92 Å². The molecule has 4 nitrogen and oxygen atoms in total. The van der Waals surface area contributed by atoms with Gasteiger partial charge in [-0.15, -0.1) is 0 Å². The van der Waals surface area contributed by atoms with Gasteiger partial charge in [-0.25, -0.2) is 4.79 Å².